The van der Waals surface area contributed by atoms with Crippen LogP contribution in [-0.4, -0.2) is 29.3 Å². The lowest BCUT2D eigenvalue weighted by atomic mass is 10.2. The number of amides is 1. The highest BCUT2D eigenvalue weighted by Crippen LogP contribution is 2.22. The van der Waals surface area contributed by atoms with Crippen molar-refractivity contribution in [1.82, 2.24) is 4.57 Å². The monoisotopic (exact) mass is 400 g/mol. The summed E-state index contributed by atoms with van der Waals surface area (Å²) in [6, 6.07) is 12.9. The molecule has 140 valence electrons. The molecule has 0 spiro atoms. The maximum atomic E-state index is 12.7. The Morgan fingerprint density at radius 2 is 1.96 bits per heavy atom. The molecule has 7 heteroatoms. The van der Waals surface area contributed by atoms with Crippen molar-refractivity contribution in [2.45, 2.75) is 25.3 Å². The number of fused-ring (bicyclic) bond motifs is 1. The second kappa shape index (κ2) is 8.54. The first-order chi connectivity index (χ1) is 13.1. The van der Waals surface area contributed by atoms with Gasteiger partial charge in [0, 0.05) is 11.4 Å². The molecule has 0 N–H and O–H groups in total. The summed E-state index contributed by atoms with van der Waals surface area (Å²) in [5, 5.41) is 0. The van der Waals surface area contributed by atoms with Crippen LogP contribution in [0.2, 0.25) is 0 Å². The van der Waals surface area contributed by atoms with Gasteiger partial charge in [-0.15, -0.1) is 11.8 Å². The van der Waals surface area contributed by atoms with Crippen LogP contribution in [0.25, 0.3) is 10.2 Å². The lowest BCUT2D eigenvalue weighted by molar-refractivity contribution is 0.0526. The van der Waals surface area contributed by atoms with Gasteiger partial charge in [0.15, 0.2) is 4.80 Å². The first kappa shape index (κ1) is 19.4. The Balaban J connectivity index is 2.09. The van der Waals surface area contributed by atoms with Gasteiger partial charge in [-0.1, -0.05) is 23.5 Å². The van der Waals surface area contributed by atoms with E-state index in [0.29, 0.717) is 29.1 Å². The van der Waals surface area contributed by atoms with Crippen molar-refractivity contribution in [2.24, 2.45) is 4.99 Å². The van der Waals surface area contributed by atoms with Gasteiger partial charge in [0.1, 0.15) is 0 Å². The number of aryl methyl sites for hydroxylation is 1. The van der Waals surface area contributed by atoms with Gasteiger partial charge >= 0.3 is 5.97 Å². The molecular weight excluding hydrogens is 380 g/mol. The Hall–Kier alpha value is -2.38. The van der Waals surface area contributed by atoms with E-state index >= 15 is 0 Å². The predicted molar refractivity (Wildman–Crippen MR) is 110 cm³/mol. The zero-order valence-electron chi connectivity index (χ0n) is 15.4. The van der Waals surface area contributed by atoms with E-state index in [9.17, 15) is 9.59 Å². The lowest BCUT2D eigenvalue weighted by Gasteiger charge is -2.04. The summed E-state index contributed by atoms with van der Waals surface area (Å²) in [4.78, 5) is 30.6. The maximum absolute atomic E-state index is 12.7. The molecule has 0 aliphatic carbocycles. The normalized spacial score (nSPS) is 11.7. The average molecular weight is 401 g/mol. The van der Waals surface area contributed by atoms with E-state index in [1.165, 1.54) is 23.1 Å². The number of esters is 1. The fourth-order valence-corrected chi connectivity index (χ4v) is 4.50. The highest BCUT2D eigenvalue weighted by Gasteiger charge is 2.13. The molecule has 1 aromatic heterocycles. The molecular formula is C20H20N2O3S2. The number of hydrogen-bond acceptors (Lipinski definition) is 5. The number of thioether (sulfide) groups is 1. The molecule has 5 nitrogen and oxygen atoms in total. The minimum absolute atomic E-state index is 0.265. The van der Waals surface area contributed by atoms with Crippen LogP contribution < -0.4 is 4.80 Å². The molecule has 0 fully saturated rings. The zero-order chi connectivity index (χ0) is 19.4. The van der Waals surface area contributed by atoms with Crippen molar-refractivity contribution in [2.75, 3.05) is 12.9 Å². The number of nitrogens with zero attached hydrogens (tertiary/aromatic N) is 2. The first-order valence-corrected chi connectivity index (χ1v) is 10.7. The fraction of sp³-hybridized carbons (Fsp3) is 0.250. The Morgan fingerprint density at radius 3 is 2.67 bits per heavy atom. The van der Waals surface area contributed by atoms with E-state index in [1.807, 2.05) is 42.0 Å². The van der Waals surface area contributed by atoms with Crippen molar-refractivity contribution < 1.29 is 14.3 Å². The minimum Gasteiger partial charge on any atom is -0.462 e. The van der Waals surface area contributed by atoms with E-state index in [0.717, 1.165) is 15.1 Å². The van der Waals surface area contributed by atoms with E-state index in [1.54, 1.807) is 25.1 Å². The number of ether oxygens (including phenoxy) is 1. The van der Waals surface area contributed by atoms with Gasteiger partial charge in [0.05, 0.1) is 28.0 Å². The summed E-state index contributed by atoms with van der Waals surface area (Å²) in [6.07, 6.45) is 1.94. The maximum Gasteiger partial charge on any atom is 0.338 e. The molecule has 2 aromatic carbocycles. The molecule has 27 heavy (non-hydrogen) atoms. The van der Waals surface area contributed by atoms with Gasteiger partial charge in [0.2, 0.25) is 0 Å². The minimum atomic E-state index is -0.348. The number of carbonyl (C=O) groups excluding carboxylic acids is 2. The molecule has 1 heterocycles. The van der Waals surface area contributed by atoms with Crippen molar-refractivity contribution in [3.05, 3.63) is 58.4 Å². The fourth-order valence-electron chi connectivity index (χ4n) is 2.77. The standard InChI is InChI=1S/C20H20N2O3S2/c1-4-22-15-11-10-13(19(24)25-5-2)12-17(15)27-20(22)21-18(23)14-8-6-7-9-16(14)26-3/h6-12H,4-5H2,1-3H3. The summed E-state index contributed by atoms with van der Waals surface area (Å²) in [7, 11) is 0. The summed E-state index contributed by atoms with van der Waals surface area (Å²) < 4.78 is 7.94. The number of rotatable bonds is 5. The van der Waals surface area contributed by atoms with Gasteiger partial charge in [-0.25, -0.2) is 4.79 Å². The summed E-state index contributed by atoms with van der Waals surface area (Å²) in [5.41, 5.74) is 2.04. The van der Waals surface area contributed by atoms with Crippen molar-refractivity contribution in [3.8, 4) is 0 Å². The Bertz CT molecular complexity index is 1070. The second-order valence-corrected chi connectivity index (χ2v) is 7.51. The Labute approximate surface area is 165 Å². The van der Waals surface area contributed by atoms with Crippen LogP contribution in [-0.2, 0) is 11.3 Å². The van der Waals surface area contributed by atoms with Crippen molar-refractivity contribution >= 4 is 45.2 Å². The van der Waals surface area contributed by atoms with Crippen LogP contribution in [0.15, 0.2) is 52.4 Å². The number of aromatic nitrogens is 1. The third-order valence-corrected chi connectivity index (χ3v) is 5.88. The van der Waals surface area contributed by atoms with Gasteiger partial charge in [-0.3, -0.25) is 4.79 Å². The van der Waals surface area contributed by atoms with Crippen LogP contribution in [0.3, 0.4) is 0 Å². The summed E-state index contributed by atoms with van der Waals surface area (Å²) in [5.74, 6) is -0.612. The van der Waals surface area contributed by atoms with Crippen LogP contribution in [0.5, 0.6) is 0 Å². The number of thiazole rings is 1. The lowest BCUT2D eigenvalue weighted by Crippen LogP contribution is -2.16. The van der Waals surface area contributed by atoms with Gasteiger partial charge < -0.3 is 9.30 Å². The van der Waals surface area contributed by atoms with Gasteiger partial charge in [0.25, 0.3) is 5.91 Å². The average Bonchev–Trinajstić information content (AvgIpc) is 3.03. The SMILES string of the molecule is CCOC(=O)c1ccc2c(c1)sc(=NC(=O)c1ccccc1SC)n2CC. The Morgan fingerprint density at radius 1 is 1.19 bits per heavy atom. The third-order valence-electron chi connectivity index (χ3n) is 4.04. The van der Waals surface area contributed by atoms with Crippen LogP contribution in [0.1, 0.15) is 34.6 Å². The molecule has 0 radical (unpaired) electrons. The molecule has 0 aliphatic heterocycles. The molecule has 3 aromatic rings. The molecule has 1 amide bonds. The van der Waals surface area contributed by atoms with Crippen LogP contribution in [0.4, 0.5) is 0 Å². The molecule has 0 bridgehead atoms. The van der Waals surface area contributed by atoms with E-state index < -0.39 is 0 Å². The number of hydrogen-bond donors (Lipinski definition) is 0. The molecule has 0 saturated heterocycles. The summed E-state index contributed by atoms with van der Waals surface area (Å²) in [6.45, 7) is 4.79. The van der Waals surface area contributed by atoms with Gasteiger partial charge in [-0.05, 0) is 50.4 Å². The van der Waals surface area contributed by atoms with E-state index in [4.69, 9.17) is 4.74 Å². The second-order valence-electron chi connectivity index (χ2n) is 5.65. The highest BCUT2D eigenvalue weighted by atomic mass is 32.2. The molecule has 0 atom stereocenters. The van der Waals surface area contributed by atoms with Crippen molar-refractivity contribution in [3.63, 3.8) is 0 Å². The highest BCUT2D eigenvalue weighted by molar-refractivity contribution is 7.98. The molecule has 0 saturated carbocycles. The third kappa shape index (κ3) is 3.99. The Kier molecular flexibility index (Phi) is 6.13. The molecule has 3 rings (SSSR count). The molecule has 0 aliphatic rings. The van der Waals surface area contributed by atoms with E-state index in [2.05, 4.69) is 4.99 Å². The molecule has 0 unspecified atom stereocenters. The zero-order valence-corrected chi connectivity index (χ0v) is 17.0. The number of benzene rings is 2. The smallest absolute Gasteiger partial charge is 0.338 e. The van der Waals surface area contributed by atoms with E-state index in [-0.39, 0.29) is 11.9 Å². The van der Waals surface area contributed by atoms with Crippen LogP contribution in [0, 0.1) is 0 Å². The van der Waals surface area contributed by atoms with Gasteiger partial charge in [-0.2, -0.15) is 4.99 Å². The first-order valence-electron chi connectivity index (χ1n) is 8.61. The topological polar surface area (TPSA) is 60.7 Å². The summed E-state index contributed by atoms with van der Waals surface area (Å²) >= 11 is 2.92. The largest absolute Gasteiger partial charge is 0.462 e. The predicted octanol–water partition coefficient (Wildman–Crippen LogP) is 4.36. The van der Waals surface area contributed by atoms with Crippen LogP contribution >= 0.6 is 23.1 Å². The quantitative estimate of drug-likeness (QED) is 0.472. The van der Waals surface area contributed by atoms with Crippen molar-refractivity contribution in [1.29, 1.82) is 0 Å². The number of carbonyl (C=O) groups is 2.